The van der Waals surface area contributed by atoms with E-state index in [4.69, 9.17) is 12.2 Å². The predicted molar refractivity (Wildman–Crippen MR) is 222 cm³/mol. The molecule has 0 unspecified atom stereocenters. The zero-order valence-electron chi connectivity index (χ0n) is 30.9. The summed E-state index contributed by atoms with van der Waals surface area (Å²) < 4.78 is 1.26. The molecule has 3 aliphatic rings. The van der Waals surface area contributed by atoms with Crippen LogP contribution in [0, 0.1) is 49.6 Å². The molecule has 0 N–H and O–H groups in total. The number of thiocarbonyl (C=S) groups is 1. The van der Waals surface area contributed by atoms with Crippen molar-refractivity contribution in [2.75, 3.05) is 14.7 Å². The molecule has 14 heteroatoms. The van der Waals surface area contributed by atoms with Crippen LogP contribution in [0.4, 0.5) is 22.7 Å². The first-order chi connectivity index (χ1) is 26.8. The van der Waals surface area contributed by atoms with Gasteiger partial charge in [-0.3, -0.25) is 44.0 Å². The van der Waals surface area contributed by atoms with Crippen LogP contribution >= 0.6 is 35.3 Å². The van der Waals surface area contributed by atoms with E-state index in [1.54, 1.807) is 42.5 Å². The summed E-state index contributed by atoms with van der Waals surface area (Å²) in [4.78, 5) is 75.7. The Morgan fingerprint density at radius 3 is 1.86 bits per heavy atom. The minimum absolute atomic E-state index is 0.000905. The maximum Gasteiger partial charge on any atom is 0.283 e. The van der Waals surface area contributed by atoms with Crippen molar-refractivity contribution in [3.8, 4) is 0 Å². The van der Waals surface area contributed by atoms with Gasteiger partial charge >= 0.3 is 0 Å². The van der Waals surface area contributed by atoms with E-state index in [2.05, 4.69) is 4.98 Å². The van der Waals surface area contributed by atoms with Crippen LogP contribution in [0.15, 0.2) is 87.6 Å². The molecule has 1 aliphatic carbocycles. The summed E-state index contributed by atoms with van der Waals surface area (Å²) in [5.74, 6) is -2.13. The molecule has 2 atom stereocenters. The first-order valence-corrected chi connectivity index (χ1v) is 20.2. The van der Waals surface area contributed by atoms with Gasteiger partial charge < -0.3 is 0 Å². The average Bonchev–Trinajstić information content (AvgIpc) is 3.69. The van der Waals surface area contributed by atoms with E-state index >= 15 is 0 Å². The van der Waals surface area contributed by atoms with Crippen molar-refractivity contribution in [2.45, 2.75) is 62.6 Å². The molecular weight excluding hydrogens is 767 g/mol. The second-order valence-corrected chi connectivity index (χ2v) is 17.1. The van der Waals surface area contributed by atoms with Gasteiger partial charge in [0.2, 0.25) is 11.8 Å². The molecule has 4 aromatic carbocycles. The Bertz CT molecular complexity index is 2500. The first-order valence-electron chi connectivity index (χ1n) is 18.1. The number of anilines is 3. The summed E-state index contributed by atoms with van der Waals surface area (Å²) in [5.41, 5.74) is 5.88. The molecule has 56 heavy (non-hydrogen) atoms. The van der Waals surface area contributed by atoms with E-state index in [9.17, 15) is 29.3 Å². The summed E-state index contributed by atoms with van der Waals surface area (Å²) >= 11 is 8.23. The number of carbonyl (C=O) groups excluding carboxylic acids is 4. The number of nitro groups is 1. The molecule has 0 spiro atoms. The lowest BCUT2D eigenvalue weighted by Gasteiger charge is -2.37. The standard InChI is InChI=1S/C42H35N5O6S3/c1-22-9-12-27(17-24(22)3)45-39(50)32(40(51)46(42(45)54)28-13-10-23(2)25(4)18-28)19-26-11-16-35(34(20-26)47(52)53)55-41-43-33-15-14-29(21-36(33)56-41)44-37(48)30-7-5-6-8-31(30)38(44)49/h9-21,30-31H,5-8H2,1-4H3/t30-,31+. The number of imide groups is 1. The molecule has 11 nitrogen and oxygen atoms in total. The maximum absolute atomic E-state index is 14.2. The lowest BCUT2D eigenvalue weighted by Crippen LogP contribution is -2.57. The lowest BCUT2D eigenvalue weighted by atomic mass is 9.81. The van der Waals surface area contributed by atoms with Crippen molar-refractivity contribution in [2.24, 2.45) is 11.8 Å². The fourth-order valence-electron chi connectivity index (χ4n) is 7.52. The van der Waals surface area contributed by atoms with Crippen LogP contribution in [0.2, 0.25) is 0 Å². The monoisotopic (exact) mass is 801 g/mol. The zero-order valence-corrected chi connectivity index (χ0v) is 33.3. The van der Waals surface area contributed by atoms with E-state index in [-0.39, 0.29) is 45.6 Å². The van der Waals surface area contributed by atoms with Gasteiger partial charge in [-0.2, -0.15) is 0 Å². The lowest BCUT2D eigenvalue weighted by molar-refractivity contribution is -0.387. The van der Waals surface area contributed by atoms with Gasteiger partial charge in [0.05, 0.1) is 48.9 Å². The Labute approximate surface area is 336 Å². The van der Waals surface area contributed by atoms with Crippen molar-refractivity contribution < 1.29 is 24.1 Å². The SMILES string of the molecule is Cc1ccc(N2C(=O)C(=Cc3ccc(Sc4nc5ccc(N6C(=O)[C@H]7CCCC[C@H]7C6=O)cc5s4)c([N+](=O)[O-])c3)C(=O)N(c3ccc(C)c(C)c3)C2=S)cc1C. The number of nitro benzene ring substituents is 1. The van der Waals surface area contributed by atoms with Crippen molar-refractivity contribution >= 4 is 103 Å². The van der Waals surface area contributed by atoms with Crippen molar-refractivity contribution in [3.63, 3.8) is 0 Å². The van der Waals surface area contributed by atoms with Gasteiger partial charge in [-0.05, 0) is 135 Å². The number of thiazole rings is 1. The molecular formula is C42H35N5O6S3. The minimum atomic E-state index is -0.644. The number of hydrogen-bond acceptors (Lipinski definition) is 10. The number of fused-ring (bicyclic) bond motifs is 2. The number of nitrogens with zero attached hydrogens (tertiary/aromatic N) is 5. The molecule has 4 amide bonds. The molecule has 1 aromatic heterocycles. The molecule has 3 heterocycles. The van der Waals surface area contributed by atoms with E-state index in [0.29, 0.717) is 31.8 Å². The molecule has 0 radical (unpaired) electrons. The molecule has 0 bridgehead atoms. The highest BCUT2D eigenvalue weighted by atomic mass is 32.2. The summed E-state index contributed by atoms with van der Waals surface area (Å²) in [7, 11) is 0. The number of benzene rings is 4. The quantitative estimate of drug-likeness (QED) is 0.0395. The Morgan fingerprint density at radius 1 is 0.750 bits per heavy atom. The minimum Gasteiger partial charge on any atom is -0.274 e. The molecule has 3 fully saturated rings. The van der Waals surface area contributed by atoms with Crippen LogP contribution in [0.1, 0.15) is 53.5 Å². The van der Waals surface area contributed by atoms with Gasteiger partial charge in [0, 0.05) is 6.07 Å². The van der Waals surface area contributed by atoms with E-state index < -0.39 is 16.7 Å². The number of carbonyl (C=O) groups is 4. The third kappa shape index (κ3) is 6.50. The van der Waals surface area contributed by atoms with Crippen LogP contribution in [0.25, 0.3) is 16.3 Å². The van der Waals surface area contributed by atoms with Crippen molar-refractivity contribution in [1.29, 1.82) is 0 Å². The summed E-state index contributed by atoms with van der Waals surface area (Å²) in [6.45, 7) is 7.76. The number of aromatic nitrogens is 1. The fraction of sp³-hybridized carbons (Fsp3) is 0.238. The molecule has 2 saturated heterocycles. The number of hydrogen-bond donors (Lipinski definition) is 0. The average molecular weight is 802 g/mol. The molecule has 1 saturated carbocycles. The Hall–Kier alpha value is -5.57. The van der Waals surface area contributed by atoms with Crippen LogP contribution < -0.4 is 14.7 Å². The van der Waals surface area contributed by atoms with Crippen LogP contribution in [-0.2, 0) is 19.2 Å². The highest BCUT2D eigenvalue weighted by Crippen LogP contribution is 2.43. The smallest absolute Gasteiger partial charge is 0.274 e. The normalized spacial score (nSPS) is 18.7. The predicted octanol–water partition coefficient (Wildman–Crippen LogP) is 9.02. The second kappa shape index (κ2) is 14.5. The van der Waals surface area contributed by atoms with Gasteiger partial charge in [-0.1, -0.05) is 42.8 Å². The highest BCUT2D eigenvalue weighted by molar-refractivity contribution is 8.01. The van der Waals surface area contributed by atoms with E-state index in [1.165, 1.54) is 38.2 Å². The largest absolute Gasteiger partial charge is 0.283 e. The third-order valence-electron chi connectivity index (χ3n) is 10.9. The summed E-state index contributed by atoms with van der Waals surface area (Å²) in [5, 5.41) is 12.5. The third-order valence-corrected chi connectivity index (χ3v) is 13.4. The Balaban J connectivity index is 1.12. The van der Waals surface area contributed by atoms with E-state index in [0.717, 1.165) is 64.4 Å². The van der Waals surface area contributed by atoms with Crippen LogP contribution in [0.3, 0.4) is 0 Å². The number of amides is 4. The number of aryl methyl sites for hydroxylation is 4. The summed E-state index contributed by atoms with van der Waals surface area (Å²) in [6.07, 6.45) is 4.70. The highest BCUT2D eigenvalue weighted by Gasteiger charge is 2.49. The molecule has 2 aliphatic heterocycles. The van der Waals surface area contributed by atoms with Gasteiger partial charge in [0.25, 0.3) is 17.5 Å². The van der Waals surface area contributed by atoms with Crippen molar-refractivity contribution in [3.05, 3.63) is 116 Å². The zero-order chi connectivity index (χ0) is 39.6. The van der Waals surface area contributed by atoms with E-state index in [1.807, 2.05) is 52.0 Å². The van der Waals surface area contributed by atoms with Crippen LogP contribution in [-0.4, -0.2) is 38.6 Å². The number of rotatable bonds is 7. The van der Waals surface area contributed by atoms with Crippen LogP contribution in [0.5, 0.6) is 0 Å². The van der Waals surface area contributed by atoms with Gasteiger partial charge in [0.1, 0.15) is 5.57 Å². The topological polar surface area (TPSA) is 134 Å². The first kappa shape index (κ1) is 37.4. The molecule has 282 valence electrons. The van der Waals surface area contributed by atoms with Gasteiger partial charge in [-0.25, -0.2) is 4.98 Å². The van der Waals surface area contributed by atoms with Gasteiger partial charge in [-0.15, -0.1) is 11.3 Å². The molecule has 5 aromatic rings. The maximum atomic E-state index is 14.2. The Kier molecular flexibility index (Phi) is 9.67. The fourth-order valence-corrected chi connectivity index (χ4v) is 10.0. The summed E-state index contributed by atoms with van der Waals surface area (Å²) in [6, 6.07) is 20.7. The Morgan fingerprint density at radius 2 is 1.30 bits per heavy atom. The molecule has 8 rings (SSSR count). The van der Waals surface area contributed by atoms with Gasteiger partial charge in [0.15, 0.2) is 9.45 Å². The van der Waals surface area contributed by atoms with Crippen molar-refractivity contribution in [1.82, 2.24) is 4.98 Å². The second-order valence-electron chi connectivity index (χ2n) is 14.4.